The summed E-state index contributed by atoms with van der Waals surface area (Å²) in [4.78, 5) is 11.3. The largest absolute Gasteiger partial charge is 0.382 e. The highest BCUT2D eigenvalue weighted by Crippen LogP contribution is 2.38. The number of nitrogen functional groups attached to an aromatic ring is 1. The van der Waals surface area contributed by atoms with Gasteiger partial charge in [-0.3, -0.25) is 5.41 Å². The van der Waals surface area contributed by atoms with E-state index in [0.717, 1.165) is 31.7 Å². The van der Waals surface area contributed by atoms with Crippen LogP contribution in [0.1, 0.15) is 18.4 Å². The average Bonchev–Trinajstić information content (AvgIpc) is 2.81. The van der Waals surface area contributed by atoms with Crippen molar-refractivity contribution in [3.8, 4) is 11.3 Å². The highest BCUT2D eigenvalue weighted by Gasteiger charge is 2.36. The maximum Gasteiger partial charge on any atom is 0.185 e. The Hall–Kier alpha value is -3.03. The summed E-state index contributed by atoms with van der Waals surface area (Å²) in [6.07, 6.45) is 3.48. The highest BCUT2D eigenvalue weighted by atomic mass is 35.5. The van der Waals surface area contributed by atoms with Crippen molar-refractivity contribution >= 4 is 40.8 Å². The molecule has 6 N–H and O–H groups in total. The molecule has 166 valence electrons. The minimum atomic E-state index is -0.114. The fourth-order valence-electron chi connectivity index (χ4n) is 4.23. The number of anilines is 2. The molecule has 0 atom stereocenters. The number of nitrogens with one attached hydrogen (secondary N) is 2. The maximum atomic E-state index is 7.59. The summed E-state index contributed by atoms with van der Waals surface area (Å²) in [6.45, 7) is 2.17. The molecule has 7 nitrogen and oxygen atoms in total. The molecule has 0 aliphatic carbocycles. The molecule has 1 aliphatic heterocycles. The van der Waals surface area contributed by atoms with Crippen LogP contribution >= 0.6 is 23.2 Å². The molecule has 0 unspecified atom stereocenters. The van der Waals surface area contributed by atoms with E-state index in [9.17, 15) is 0 Å². The molecule has 4 rings (SSSR count). The first-order valence-corrected chi connectivity index (χ1v) is 11.1. The van der Waals surface area contributed by atoms with Crippen molar-refractivity contribution in [1.82, 2.24) is 15.3 Å². The molecule has 9 heteroatoms. The molecular weight excluding hydrogens is 445 g/mol. The predicted molar refractivity (Wildman–Crippen MR) is 131 cm³/mol. The normalized spacial score (nSPS) is 15.4. The SMILES string of the molecule is N=C(N)NCC1(c2ccccc2)CCN(c2cnc(-c3cccc(Cl)c3Cl)c(N)n2)CC1. The van der Waals surface area contributed by atoms with E-state index in [-0.39, 0.29) is 11.4 Å². The van der Waals surface area contributed by atoms with Gasteiger partial charge in [-0.15, -0.1) is 0 Å². The van der Waals surface area contributed by atoms with Gasteiger partial charge >= 0.3 is 0 Å². The van der Waals surface area contributed by atoms with E-state index >= 15 is 0 Å². The lowest BCUT2D eigenvalue weighted by Gasteiger charge is -2.43. The number of aromatic nitrogens is 2. The molecule has 2 heterocycles. The van der Waals surface area contributed by atoms with Gasteiger partial charge < -0.3 is 21.7 Å². The Morgan fingerprint density at radius 3 is 2.47 bits per heavy atom. The van der Waals surface area contributed by atoms with Gasteiger partial charge in [0.15, 0.2) is 11.8 Å². The van der Waals surface area contributed by atoms with Gasteiger partial charge in [-0.1, -0.05) is 65.7 Å². The fraction of sp³-hybridized carbons (Fsp3) is 0.261. The van der Waals surface area contributed by atoms with Crippen LogP contribution in [0, 0.1) is 5.41 Å². The molecule has 0 radical (unpaired) electrons. The number of hydrogen-bond acceptors (Lipinski definition) is 5. The molecule has 1 aromatic heterocycles. The summed E-state index contributed by atoms with van der Waals surface area (Å²) in [5.41, 5.74) is 14.1. The number of piperidine rings is 1. The molecule has 2 aromatic carbocycles. The first kappa shape index (κ1) is 22.2. The molecule has 0 spiro atoms. The third kappa shape index (κ3) is 4.45. The van der Waals surface area contributed by atoms with E-state index in [4.69, 9.17) is 40.1 Å². The number of nitrogens with two attached hydrogens (primary N) is 2. The number of rotatable bonds is 5. The Labute approximate surface area is 197 Å². The van der Waals surface area contributed by atoms with Crippen molar-refractivity contribution in [2.24, 2.45) is 5.73 Å². The molecule has 1 saturated heterocycles. The van der Waals surface area contributed by atoms with Gasteiger partial charge in [0.05, 0.1) is 16.2 Å². The van der Waals surface area contributed by atoms with E-state index in [2.05, 4.69) is 32.3 Å². The van der Waals surface area contributed by atoms with E-state index in [0.29, 0.717) is 33.7 Å². The van der Waals surface area contributed by atoms with Crippen LogP contribution in [-0.2, 0) is 5.41 Å². The number of halogens is 2. The number of benzene rings is 2. The molecule has 1 fully saturated rings. The Morgan fingerprint density at radius 2 is 1.81 bits per heavy atom. The van der Waals surface area contributed by atoms with Crippen molar-refractivity contribution in [3.63, 3.8) is 0 Å². The summed E-state index contributed by atoms with van der Waals surface area (Å²) in [7, 11) is 0. The van der Waals surface area contributed by atoms with Crippen LogP contribution in [0.15, 0.2) is 54.7 Å². The predicted octanol–water partition coefficient (Wildman–Crippen LogP) is 4.05. The third-order valence-electron chi connectivity index (χ3n) is 6.04. The van der Waals surface area contributed by atoms with Crippen LogP contribution in [0.2, 0.25) is 10.0 Å². The highest BCUT2D eigenvalue weighted by molar-refractivity contribution is 6.43. The standard InChI is InChI=1S/C23H25Cl2N7/c24-17-8-4-7-16(19(17)25)20-21(26)31-18(13-29-20)32-11-9-23(10-12-32,14-30-22(27)28)15-5-2-1-3-6-15/h1-8,13H,9-12,14H2,(H2,26,31)(H4,27,28,30). The molecule has 1 aliphatic rings. The Balaban J connectivity index is 1.55. The zero-order valence-electron chi connectivity index (χ0n) is 17.5. The van der Waals surface area contributed by atoms with E-state index in [1.54, 1.807) is 12.3 Å². The van der Waals surface area contributed by atoms with E-state index < -0.39 is 0 Å². The maximum absolute atomic E-state index is 7.59. The molecular formula is C23H25Cl2N7. The van der Waals surface area contributed by atoms with Gasteiger partial charge in [-0.2, -0.15) is 0 Å². The minimum Gasteiger partial charge on any atom is -0.382 e. The van der Waals surface area contributed by atoms with Crippen LogP contribution < -0.4 is 21.7 Å². The Kier molecular flexibility index (Phi) is 6.39. The Bertz CT molecular complexity index is 1110. The lowest BCUT2D eigenvalue weighted by molar-refractivity contribution is 0.328. The number of nitrogens with zero attached hydrogens (tertiary/aromatic N) is 3. The molecule has 32 heavy (non-hydrogen) atoms. The van der Waals surface area contributed by atoms with Gasteiger partial charge in [0.1, 0.15) is 11.5 Å². The van der Waals surface area contributed by atoms with Gasteiger partial charge in [0, 0.05) is 30.6 Å². The minimum absolute atomic E-state index is 0.0170. The van der Waals surface area contributed by atoms with Crippen LogP contribution in [0.25, 0.3) is 11.3 Å². The summed E-state index contributed by atoms with van der Waals surface area (Å²) in [6, 6.07) is 15.7. The van der Waals surface area contributed by atoms with Crippen LogP contribution in [-0.4, -0.2) is 35.6 Å². The van der Waals surface area contributed by atoms with Crippen LogP contribution in [0.4, 0.5) is 11.6 Å². The third-order valence-corrected chi connectivity index (χ3v) is 6.86. The first-order chi connectivity index (χ1) is 15.4. The van der Waals surface area contributed by atoms with Gasteiger partial charge in [-0.25, -0.2) is 9.97 Å². The van der Waals surface area contributed by atoms with E-state index in [1.165, 1.54) is 5.56 Å². The van der Waals surface area contributed by atoms with Crippen molar-refractivity contribution < 1.29 is 0 Å². The zero-order chi connectivity index (χ0) is 22.7. The van der Waals surface area contributed by atoms with Gasteiger partial charge in [0.2, 0.25) is 0 Å². The first-order valence-electron chi connectivity index (χ1n) is 10.3. The molecule has 3 aromatic rings. The quantitative estimate of drug-likeness (QED) is 0.330. The van der Waals surface area contributed by atoms with Crippen LogP contribution in [0.5, 0.6) is 0 Å². The molecule has 0 saturated carbocycles. The summed E-state index contributed by atoms with van der Waals surface area (Å²) >= 11 is 12.5. The van der Waals surface area contributed by atoms with Crippen molar-refractivity contribution in [3.05, 3.63) is 70.3 Å². The number of hydrogen-bond donors (Lipinski definition) is 4. The summed E-state index contributed by atoms with van der Waals surface area (Å²) < 4.78 is 0. The van der Waals surface area contributed by atoms with Crippen molar-refractivity contribution in [2.45, 2.75) is 18.3 Å². The second-order valence-corrected chi connectivity index (χ2v) is 8.75. The van der Waals surface area contributed by atoms with E-state index in [1.807, 2.05) is 30.3 Å². The van der Waals surface area contributed by atoms with Crippen LogP contribution in [0.3, 0.4) is 0 Å². The topological polar surface area (TPSA) is 117 Å². The number of guanidine groups is 1. The van der Waals surface area contributed by atoms with Crippen molar-refractivity contribution in [1.29, 1.82) is 5.41 Å². The van der Waals surface area contributed by atoms with Crippen molar-refractivity contribution in [2.75, 3.05) is 30.3 Å². The average molecular weight is 470 g/mol. The second-order valence-electron chi connectivity index (χ2n) is 7.96. The lowest BCUT2D eigenvalue weighted by Crippen LogP contribution is -2.50. The van der Waals surface area contributed by atoms with Gasteiger partial charge in [-0.05, 0) is 24.5 Å². The monoisotopic (exact) mass is 469 g/mol. The van der Waals surface area contributed by atoms with Gasteiger partial charge in [0.25, 0.3) is 0 Å². The second kappa shape index (κ2) is 9.22. The lowest BCUT2D eigenvalue weighted by atomic mass is 9.72. The Morgan fingerprint density at radius 1 is 1.09 bits per heavy atom. The summed E-state index contributed by atoms with van der Waals surface area (Å²) in [5, 5.41) is 11.5. The molecule has 0 bridgehead atoms. The fourth-order valence-corrected chi connectivity index (χ4v) is 4.62. The zero-order valence-corrected chi connectivity index (χ0v) is 19.0. The summed E-state index contributed by atoms with van der Waals surface area (Å²) in [5.74, 6) is 1.02. The smallest absolute Gasteiger partial charge is 0.185 e. The molecule has 0 amide bonds.